The van der Waals surface area contributed by atoms with E-state index < -0.39 is 0 Å². The monoisotopic (exact) mass is 385 g/mol. The number of rotatable bonds is 5. The Balaban J connectivity index is 1.76. The number of halogens is 1. The van der Waals surface area contributed by atoms with E-state index in [0.29, 0.717) is 18.2 Å². The quantitative estimate of drug-likeness (QED) is 0.672. The molecule has 4 rings (SSSR count). The minimum atomic E-state index is -0.0942. The van der Waals surface area contributed by atoms with Gasteiger partial charge in [-0.2, -0.15) is 4.68 Å². The molecule has 0 saturated carbocycles. The normalized spacial score (nSPS) is 16.2. The zero-order valence-corrected chi connectivity index (χ0v) is 15.7. The molecule has 0 bridgehead atoms. The molecule has 0 spiro atoms. The van der Waals surface area contributed by atoms with E-state index in [1.807, 2.05) is 48.5 Å². The summed E-state index contributed by atoms with van der Waals surface area (Å²) in [6, 6.07) is 15.4. The summed E-state index contributed by atoms with van der Waals surface area (Å²) in [7, 11) is 1.65. The second-order valence-electron chi connectivity index (χ2n) is 6.25. The maximum absolute atomic E-state index is 6.09. The van der Waals surface area contributed by atoms with E-state index in [1.165, 1.54) is 0 Å². The Kier molecular flexibility index (Phi) is 5.33. The average molecular weight is 386 g/mol. The molecule has 0 amide bonds. The molecule has 1 aliphatic rings. The highest BCUT2D eigenvalue weighted by Crippen LogP contribution is 2.30. The molecule has 27 heavy (non-hydrogen) atoms. The SMILES string of the molecule is COc1ccc(-n2nnnc2C(c2ccc(Cl)cc2)N2CCOCC2)cc1. The molecule has 1 saturated heterocycles. The number of hydrogen-bond acceptors (Lipinski definition) is 6. The molecular weight excluding hydrogens is 366 g/mol. The summed E-state index contributed by atoms with van der Waals surface area (Å²) in [6.45, 7) is 2.99. The van der Waals surface area contributed by atoms with Crippen LogP contribution < -0.4 is 4.74 Å². The van der Waals surface area contributed by atoms with Gasteiger partial charge in [-0.3, -0.25) is 4.90 Å². The Bertz CT molecular complexity index is 876. The number of nitrogens with zero attached hydrogens (tertiary/aromatic N) is 5. The van der Waals surface area contributed by atoms with Crippen LogP contribution in [-0.4, -0.2) is 58.5 Å². The lowest BCUT2D eigenvalue weighted by Gasteiger charge is -2.33. The summed E-state index contributed by atoms with van der Waals surface area (Å²) in [5.41, 5.74) is 1.97. The van der Waals surface area contributed by atoms with Crippen LogP contribution in [0.3, 0.4) is 0 Å². The van der Waals surface area contributed by atoms with Crippen molar-refractivity contribution in [2.24, 2.45) is 0 Å². The van der Waals surface area contributed by atoms with E-state index >= 15 is 0 Å². The van der Waals surface area contributed by atoms with Gasteiger partial charge in [-0.1, -0.05) is 23.7 Å². The van der Waals surface area contributed by atoms with Crippen molar-refractivity contribution in [2.45, 2.75) is 6.04 Å². The van der Waals surface area contributed by atoms with E-state index in [4.69, 9.17) is 21.1 Å². The zero-order chi connectivity index (χ0) is 18.6. The fourth-order valence-electron chi connectivity index (χ4n) is 3.28. The second-order valence-corrected chi connectivity index (χ2v) is 6.69. The molecular formula is C19H20ClN5O2. The van der Waals surface area contributed by atoms with Crippen LogP contribution in [0.25, 0.3) is 5.69 Å². The molecule has 1 unspecified atom stereocenters. The van der Waals surface area contributed by atoms with Crippen LogP contribution in [0.5, 0.6) is 5.75 Å². The van der Waals surface area contributed by atoms with Crippen LogP contribution >= 0.6 is 11.6 Å². The molecule has 1 atom stereocenters. The molecule has 0 aliphatic carbocycles. The highest BCUT2D eigenvalue weighted by atomic mass is 35.5. The maximum Gasteiger partial charge on any atom is 0.178 e. The lowest BCUT2D eigenvalue weighted by atomic mass is 10.0. The highest BCUT2D eigenvalue weighted by Gasteiger charge is 2.29. The summed E-state index contributed by atoms with van der Waals surface area (Å²) < 4.78 is 12.5. The van der Waals surface area contributed by atoms with Gasteiger partial charge in [-0.25, -0.2) is 0 Å². The lowest BCUT2D eigenvalue weighted by Crippen LogP contribution is -2.40. The van der Waals surface area contributed by atoms with Crippen LogP contribution in [-0.2, 0) is 4.74 Å². The van der Waals surface area contributed by atoms with Crippen LogP contribution in [0.15, 0.2) is 48.5 Å². The maximum atomic E-state index is 6.09. The topological polar surface area (TPSA) is 65.3 Å². The molecule has 3 aromatic rings. The van der Waals surface area contributed by atoms with Crippen molar-refractivity contribution in [2.75, 3.05) is 33.4 Å². The van der Waals surface area contributed by atoms with Crippen LogP contribution in [0.2, 0.25) is 5.02 Å². The Morgan fingerprint density at radius 2 is 1.74 bits per heavy atom. The first-order valence-electron chi connectivity index (χ1n) is 8.76. The number of methoxy groups -OCH3 is 1. The fourth-order valence-corrected chi connectivity index (χ4v) is 3.40. The predicted molar refractivity (Wildman–Crippen MR) is 101 cm³/mol. The molecule has 8 heteroatoms. The van der Waals surface area contributed by atoms with Crippen LogP contribution in [0, 0.1) is 0 Å². The van der Waals surface area contributed by atoms with Gasteiger partial charge in [-0.15, -0.1) is 5.10 Å². The molecule has 1 aromatic heterocycles. The summed E-state index contributed by atoms with van der Waals surface area (Å²) in [5, 5.41) is 13.2. The Morgan fingerprint density at radius 3 is 2.41 bits per heavy atom. The van der Waals surface area contributed by atoms with Gasteiger partial charge in [-0.05, 0) is 52.4 Å². The highest BCUT2D eigenvalue weighted by molar-refractivity contribution is 6.30. The molecule has 140 valence electrons. The van der Waals surface area contributed by atoms with Crippen LogP contribution in [0.1, 0.15) is 17.4 Å². The average Bonchev–Trinajstić information content (AvgIpc) is 3.20. The Hall–Kier alpha value is -2.48. The third-order valence-electron chi connectivity index (χ3n) is 4.65. The fraction of sp³-hybridized carbons (Fsp3) is 0.316. The molecule has 0 N–H and O–H groups in total. The molecule has 7 nitrogen and oxygen atoms in total. The van der Waals surface area contributed by atoms with E-state index in [9.17, 15) is 0 Å². The smallest absolute Gasteiger partial charge is 0.178 e. The van der Waals surface area contributed by atoms with Crippen molar-refractivity contribution >= 4 is 11.6 Å². The van der Waals surface area contributed by atoms with E-state index in [1.54, 1.807) is 11.8 Å². The summed E-state index contributed by atoms with van der Waals surface area (Å²) >= 11 is 6.09. The predicted octanol–water partition coefficient (Wildman–Crippen LogP) is 2.75. The van der Waals surface area contributed by atoms with E-state index in [-0.39, 0.29) is 6.04 Å². The van der Waals surface area contributed by atoms with Crippen molar-refractivity contribution in [1.82, 2.24) is 25.1 Å². The van der Waals surface area contributed by atoms with Gasteiger partial charge in [0.15, 0.2) is 5.82 Å². The summed E-state index contributed by atoms with van der Waals surface area (Å²) in [6.07, 6.45) is 0. The van der Waals surface area contributed by atoms with Crippen LogP contribution in [0.4, 0.5) is 0 Å². The van der Waals surface area contributed by atoms with Gasteiger partial charge in [0.05, 0.1) is 32.1 Å². The largest absolute Gasteiger partial charge is 0.497 e. The lowest BCUT2D eigenvalue weighted by molar-refractivity contribution is 0.0220. The van der Waals surface area contributed by atoms with Crippen molar-refractivity contribution in [3.63, 3.8) is 0 Å². The molecule has 0 radical (unpaired) electrons. The minimum absolute atomic E-state index is 0.0942. The van der Waals surface area contributed by atoms with Gasteiger partial charge < -0.3 is 9.47 Å². The number of ether oxygens (including phenoxy) is 2. The number of hydrogen-bond donors (Lipinski definition) is 0. The van der Waals surface area contributed by atoms with Crippen molar-refractivity contribution in [3.8, 4) is 11.4 Å². The van der Waals surface area contributed by atoms with E-state index in [2.05, 4.69) is 20.4 Å². The van der Waals surface area contributed by atoms with E-state index in [0.717, 1.165) is 35.9 Å². The molecule has 1 fully saturated rings. The van der Waals surface area contributed by atoms with Crippen molar-refractivity contribution < 1.29 is 9.47 Å². The number of morpholine rings is 1. The van der Waals surface area contributed by atoms with Gasteiger partial charge in [0, 0.05) is 18.1 Å². The second kappa shape index (κ2) is 8.04. The van der Waals surface area contributed by atoms with Crippen molar-refractivity contribution in [1.29, 1.82) is 0 Å². The molecule has 1 aliphatic heterocycles. The minimum Gasteiger partial charge on any atom is -0.497 e. The van der Waals surface area contributed by atoms with Gasteiger partial charge in [0.25, 0.3) is 0 Å². The summed E-state index contributed by atoms with van der Waals surface area (Å²) in [4.78, 5) is 2.33. The Morgan fingerprint density at radius 1 is 1.04 bits per heavy atom. The zero-order valence-electron chi connectivity index (χ0n) is 15.0. The standard InChI is InChI=1S/C19H20ClN5O2/c1-26-17-8-6-16(7-9-17)25-19(21-22-23-25)18(24-10-12-27-13-11-24)14-2-4-15(20)5-3-14/h2-9,18H,10-13H2,1H3. The van der Waals surface area contributed by atoms with Gasteiger partial charge >= 0.3 is 0 Å². The molecule has 2 aromatic carbocycles. The third-order valence-corrected chi connectivity index (χ3v) is 4.90. The first kappa shape index (κ1) is 17.9. The third kappa shape index (κ3) is 3.80. The van der Waals surface area contributed by atoms with Crippen molar-refractivity contribution in [3.05, 3.63) is 64.9 Å². The first-order chi connectivity index (χ1) is 13.3. The number of aromatic nitrogens is 4. The summed E-state index contributed by atoms with van der Waals surface area (Å²) in [5.74, 6) is 1.54. The van der Waals surface area contributed by atoms with Gasteiger partial charge in [0.1, 0.15) is 5.75 Å². The first-order valence-corrected chi connectivity index (χ1v) is 9.14. The number of tetrazole rings is 1. The molecule has 2 heterocycles. The van der Waals surface area contributed by atoms with Gasteiger partial charge in [0.2, 0.25) is 0 Å². The Labute approximate surface area is 162 Å². The number of benzene rings is 2.